The van der Waals surface area contributed by atoms with Crippen LogP contribution in [0.3, 0.4) is 0 Å². The molecule has 96 valence electrons. The van der Waals surface area contributed by atoms with Crippen LogP contribution in [-0.2, 0) is 0 Å². The lowest BCUT2D eigenvalue weighted by molar-refractivity contribution is 0.300. The number of likely N-dealkylation sites (N-methyl/N-ethyl adjacent to an activating group) is 1. The number of anilines is 1. The van der Waals surface area contributed by atoms with Crippen LogP contribution in [0.25, 0.3) is 0 Å². The predicted octanol–water partition coefficient (Wildman–Crippen LogP) is 2.69. The molecule has 0 spiro atoms. The Morgan fingerprint density at radius 2 is 2.06 bits per heavy atom. The van der Waals surface area contributed by atoms with Crippen LogP contribution in [0.1, 0.15) is 26.1 Å². The molecule has 0 bridgehead atoms. The third-order valence-electron chi connectivity index (χ3n) is 2.53. The van der Waals surface area contributed by atoms with E-state index >= 15 is 0 Å². The summed E-state index contributed by atoms with van der Waals surface area (Å²) in [6.07, 6.45) is 1.20. The summed E-state index contributed by atoms with van der Waals surface area (Å²) in [5.41, 5.74) is 0. The summed E-state index contributed by atoms with van der Waals surface area (Å²) in [5, 5.41) is 3.33. The van der Waals surface area contributed by atoms with E-state index in [1.807, 2.05) is 13.0 Å². The molecular weight excluding hydrogens is 280 g/mol. The highest BCUT2D eigenvalue weighted by molar-refractivity contribution is 9.10. The lowest BCUT2D eigenvalue weighted by atomic mass is 10.4. The molecule has 1 N–H and O–H groups in total. The highest BCUT2D eigenvalue weighted by Gasteiger charge is 2.02. The van der Waals surface area contributed by atoms with Gasteiger partial charge in [0, 0.05) is 19.2 Å². The Hall–Kier alpha value is -0.680. The molecule has 0 fully saturated rings. The molecule has 0 saturated carbocycles. The first-order valence-corrected chi connectivity index (χ1v) is 6.92. The largest absolute Gasteiger partial charge is 0.369 e. The van der Waals surface area contributed by atoms with Crippen molar-refractivity contribution in [3.8, 4) is 0 Å². The maximum Gasteiger partial charge on any atom is 0.130 e. The Morgan fingerprint density at radius 3 is 2.65 bits per heavy atom. The van der Waals surface area contributed by atoms with Crippen LogP contribution in [0, 0.1) is 6.92 Å². The van der Waals surface area contributed by atoms with Gasteiger partial charge >= 0.3 is 0 Å². The Balaban J connectivity index is 2.39. The predicted molar refractivity (Wildman–Crippen MR) is 75.4 cm³/mol. The maximum absolute atomic E-state index is 4.33. The van der Waals surface area contributed by atoms with Gasteiger partial charge in [-0.05, 0) is 42.4 Å². The van der Waals surface area contributed by atoms with E-state index in [1.165, 1.54) is 6.42 Å². The molecule has 0 aliphatic heterocycles. The molecule has 0 saturated heterocycles. The summed E-state index contributed by atoms with van der Waals surface area (Å²) < 4.78 is 0.827. The van der Waals surface area contributed by atoms with E-state index in [9.17, 15) is 0 Å². The first-order valence-electron chi connectivity index (χ1n) is 6.13. The summed E-state index contributed by atoms with van der Waals surface area (Å²) in [6.45, 7) is 10.5. The van der Waals surface area contributed by atoms with E-state index < -0.39 is 0 Å². The van der Waals surface area contributed by atoms with Gasteiger partial charge in [-0.25, -0.2) is 9.97 Å². The van der Waals surface area contributed by atoms with Crippen molar-refractivity contribution in [1.82, 2.24) is 14.9 Å². The van der Waals surface area contributed by atoms with Crippen LogP contribution in [0.15, 0.2) is 10.7 Å². The molecule has 0 radical (unpaired) electrons. The number of hydrogen-bond acceptors (Lipinski definition) is 4. The van der Waals surface area contributed by atoms with E-state index in [1.54, 1.807) is 0 Å². The normalized spacial score (nSPS) is 10.9. The first-order chi connectivity index (χ1) is 8.15. The number of aryl methyl sites for hydroxylation is 1. The van der Waals surface area contributed by atoms with E-state index in [0.717, 1.165) is 42.4 Å². The van der Waals surface area contributed by atoms with E-state index in [4.69, 9.17) is 0 Å². The quantitative estimate of drug-likeness (QED) is 0.786. The van der Waals surface area contributed by atoms with Crippen molar-refractivity contribution in [3.05, 3.63) is 16.5 Å². The number of nitrogens with one attached hydrogen (secondary N) is 1. The minimum atomic E-state index is 0.780. The lowest BCUT2D eigenvalue weighted by Crippen LogP contribution is -2.29. The number of rotatable bonds is 7. The van der Waals surface area contributed by atoms with E-state index in [-0.39, 0.29) is 0 Å². The Labute approximate surface area is 112 Å². The van der Waals surface area contributed by atoms with Gasteiger partial charge in [0.2, 0.25) is 0 Å². The molecule has 1 heterocycles. The molecule has 0 amide bonds. The van der Waals surface area contributed by atoms with Crippen molar-refractivity contribution in [2.75, 3.05) is 31.5 Å². The summed E-state index contributed by atoms with van der Waals surface area (Å²) in [4.78, 5) is 10.9. The van der Waals surface area contributed by atoms with Crippen molar-refractivity contribution in [1.29, 1.82) is 0 Å². The Morgan fingerprint density at radius 1 is 1.29 bits per heavy atom. The molecule has 4 nitrogen and oxygen atoms in total. The van der Waals surface area contributed by atoms with Crippen molar-refractivity contribution in [3.63, 3.8) is 0 Å². The monoisotopic (exact) mass is 300 g/mol. The zero-order valence-corrected chi connectivity index (χ0v) is 12.4. The van der Waals surface area contributed by atoms with Gasteiger partial charge in [0.1, 0.15) is 16.2 Å². The van der Waals surface area contributed by atoms with Gasteiger partial charge in [0.25, 0.3) is 0 Å². The standard InChI is InChI=1S/C12H21BrN4/c1-4-7-17(5-2)8-6-14-12-9-11(13)15-10(3)16-12/h9H,4-8H2,1-3H3,(H,14,15,16). The molecule has 0 aliphatic carbocycles. The average Bonchev–Trinajstić information content (AvgIpc) is 2.26. The molecular formula is C12H21BrN4. The molecule has 0 aliphatic rings. The van der Waals surface area contributed by atoms with Gasteiger partial charge in [-0.15, -0.1) is 0 Å². The van der Waals surface area contributed by atoms with Gasteiger partial charge in [0.15, 0.2) is 0 Å². The van der Waals surface area contributed by atoms with Gasteiger partial charge in [-0.1, -0.05) is 13.8 Å². The summed E-state index contributed by atoms with van der Waals surface area (Å²) in [6, 6.07) is 1.91. The molecule has 1 rings (SSSR count). The van der Waals surface area contributed by atoms with Gasteiger partial charge < -0.3 is 10.2 Å². The summed E-state index contributed by atoms with van der Waals surface area (Å²) in [7, 11) is 0. The third-order valence-corrected chi connectivity index (χ3v) is 2.93. The molecule has 0 unspecified atom stereocenters. The van der Waals surface area contributed by atoms with Gasteiger partial charge in [-0.3, -0.25) is 0 Å². The molecule has 17 heavy (non-hydrogen) atoms. The smallest absolute Gasteiger partial charge is 0.130 e. The number of aromatic nitrogens is 2. The average molecular weight is 301 g/mol. The molecule has 1 aromatic rings. The zero-order chi connectivity index (χ0) is 12.7. The highest BCUT2D eigenvalue weighted by atomic mass is 79.9. The van der Waals surface area contributed by atoms with Crippen LogP contribution in [0.2, 0.25) is 0 Å². The van der Waals surface area contributed by atoms with Gasteiger partial charge in [0.05, 0.1) is 0 Å². The summed E-state index contributed by atoms with van der Waals surface area (Å²) in [5.74, 6) is 1.67. The van der Waals surface area contributed by atoms with E-state index in [2.05, 4.69) is 50.0 Å². The fourth-order valence-corrected chi connectivity index (χ4v) is 2.18. The zero-order valence-electron chi connectivity index (χ0n) is 10.8. The highest BCUT2D eigenvalue weighted by Crippen LogP contribution is 2.11. The van der Waals surface area contributed by atoms with Crippen LogP contribution < -0.4 is 5.32 Å². The first kappa shape index (κ1) is 14.4. The van der Waals surface area contributed by atoms with Gasteiger partial charge in [-0.2, -0.15) is 0 Å². The Kier molecular flexibility index (Phi) is 6.44. The third kappa shape index (κ3) is 5.46. The van der Waals surface area contributed by atoms with Crippen LogP contribution >= 0.6 is 15.9 Å². The van der Waals surface area contributed by atoms with E-state index in [0.29, 0.717) is 0 Å². The molecule has 0 atom stereocenters. The number of hydrogen-bond donors (Lipinski definition) is 1. The van der Waals surface area contributed by atoms with Crippen LogP contribution in [-0.4, -0.2) is 41.0 Å². The number of halogens is 1. The maximum atomic E-state index is 4.33. The fourth-order valence-electron chi connectivity index (χ4n) is 1.71. The molecule has 1 aromatic heterocycles. The Bertz CT molecular complexity index is 323. The van der Waals surface area contributed by atoms with Crippen molar-refractivity contribution in [2.45, 2.75) is 27.2 Å². The number of nitrogens with zero attached hydrogens (tertiary/aromatic N) is 3. The van der Waals surface area contributed by atoms with Crippen molar-refractivity contribution < 1.29 is 0 Å². The minimum absolute atomic E-state index is 0.780. The lowest BCUT2D eigenvalue weighted by Gasteiger charge is -2.19. The molecule has 5 heteroatoms. The van der Waals surface area contributed by atoms with Crippen LogP contribution in [0.4, 0.5) is 5.82 Å². The minimum Gasteiger partial charge on any atom is -0.369 e. The van der Waals surface area contributed by atoms with Crippen LogP contribution in [0.5, 0.6) is 0 Å². The summed E-state index contributed by atoms with van der Waals surface area (Å²) >= 11 is 3.37. The second-order valence-electron chi connectivity index (χ2n) is 3.98. The second-order valence-corrected chi connectivity index (χ2v) is 4.80. The van der Waals surface area contributed by atoms with Crippen molar-refractivity contribution in [2.24, 2.45) is 0 Å². The molecule has 0 aromatic carbocycles. The van der Waals surface area contributed by atoms with Crippen molar-refractivity contribution >= 4 is 21.7 Å². The SMILES string of the molecule is CCCN(CC)CCNc1cc(Br)nc(C)n1. The topological polar surface area (TPSA) is 41.0 Å². The second kappa shape index (κ2) is 7.61. The fraction of sp³-hybridized carbons (Fsp3) is 0.667.